The minimum absolute atomic E-state index is 0.343. The molecule has 4 fully saturated rings. The van der Waals surface area contributed by atoms with E-state index in [2.05, 4.69) is 58.3 Å². The second-order valence-corrected chi connectivity index (χ2v) is 10.7. The Morgan fingerprint density at radius 2 is 1.74 bits per heavy atom. The standard InChI is InChI=1S/C27H30N2OS/c30-25(16-22-18-28-14-10-19(22)11-15-28)26-17-21-4-3-5-24(27(21)31-26)20-6-8-23(9-7-20)29-12-1-2-13-29/h3-9,17,19,22H,1-2,10-16,18H2/t22-/m0/s1. The van der Waals surface area contributed by atoms with Gasteiger partial charge in [-0.2, -0.15) is 0 Å². The number of piperidine rings is 3. The predicted molar refractivity (Wildman–Crippen MR) is 130 cm³/mol. The first-order valence-electron chi connectivity index (χ1n) is 11.9. The molecule has 0 saturated carbocycles. The smallest absolute Gasteiger partial charge is 0.173 e. The number of thiophene rings is 1. The molecule has 0 radical (unpaired) electrons. The predicted octanol–water partition coefficient (Wildman–Crippen LogP) is 6.08. The van der Waals surface area contributed by atoms with Crippen molar-refractivity contribution in [1.29, 1.82) is 0 Å². The Hall–Kier alpha value is -2.17. The van der Waals surface area contributed by atoms with Gasteiger partial charge in [0.05, 0.1) is 4.88 Å². The fourth-order valence-electron chi connectivity index (χ4n) is 5.91. The SMILES string of the molecule is O=C(C[C@H]1CN2CCC1CC2)c1cc2cccc(-c3ccc(N4CCCC4)cc3)c2s1. The van der Waals surface area contributed by atoms with Crippen LogP contribution < -0.4 is 4.90 Å². The van der Waals surface area contributed by atoms with Gasteiger partial charge >= 0.3 is 0 Å². The third-order valence-corrected chi connectivity index (χ3v) is 8.93. The second-order valence-electron chi connectivity index (χ2n) is 9.60. The third kappa shape index (κ3) is 3.70. The van der Waals surface area contributed by atoms with Gasteiger partial charge in [-0.1, -0.05) is 30.3 Å². The van der Waals surface area contributed by atoms with Crippen LogP contribution in [0.2, 0.25) is 0 Å². The molecule has 0 amide bonds. The molecule has 4 aliphatic heterocycles. The van der Waals surface area contributed by atoms with E-state index in [1.54, 1.807) is 11.3 Å². The van der Waals surface area contributed by atoms with Gasteiger partial charge in [-0.3, -0.25) is 4.79 Å². The lowest BCUT2D eigenvalue weighted by atomic mass is 9.76. The molecule has 3 aromatic rings. The van der Waals surface area contributed by atoms with E-state index in [4.69, 9.17) is 0 Å². The Bertz CT molecular complexity index is 1090. The number of hydrogen-bond acceptors (Lipinski definition) is 4. The molecule has 2 aromatic carbocycles. The van der Waals surface area contributed by atoms with Crippen molar-refractivity contribution in [3.05, 3.63) is 53.4 Å². The van der Waals surface area contributed by atoms with E-state index in [9.17, 15) is 4.79 Å². The Labute approximate surface area is 188 Å². The first-order chi connectivity index (χ1) is 15.2. The molecule has 4 heteroatoms. The molecule has 31 heavy (non-hydrogen) atoms. The zero-order valence-corrected chi connectivity index (χ0v) is 18.9. The summed E-state index contributed by atoms with van der Waals surface area (Å²) in [4.78, 5) is 19.1. The van der Waals surface area contributed by atoms with Gasteiger partial charge in [-0.05, 0) is 85.3 Å². The zero-order chi connectivity index (χ0) is 20.8. The minimum Gasteiger partial charge on any atom is -0.372 e. The summed E-state index contributed by atoms with van der Waals surface area (Å²) in [6.45, 7) is 5.93. The molecule has 160 valence electrons. The number of nitrogens with zero attached hydrogens (tertiary/aromatic N) is 2. The number of Topliss-reactive ketones (excluding diaryl/α,β-unsaturated/α-hetero) is 1. The summed E-state index contributed by atoms with van der Waals surface area (Å²) in [7, 11) is 0. The Kier molecular flexibility index (Phi) is 5.08. The Morgan fingerprint density at radius 3 is 2.45 bits per heavy atom. The van der Waals surface area contributed by atoms with Crippen LogP contribution in [0.15, 0.2) is 48.5 Å². The molecular weight excluding hydrogens is 400 g/mol. The van der Waals surface area contributed by atoms with E-state index in [0.717, 1.165) is 17.3 Å². The van der Waals surface area contributed by atoms with Gasteiger partial charge in [0.2, 0.25) is 0 Å². The summed E-state index contributed by atoms with van der Waals surface area (Å²) in [6.07, 6.45) is 5.87. The highest BCUT2D eigenvalue weighted by Gasteiger charge is 2.35. The highest BCUT2D eigenvalue weighted by molar-refractivity contribution is 7.21. The van der Waals surface area contributed by atoms with E-state index >= 15 is 0 Å². The fraction of sp³-hybridized carbons (Fsp3) is 0.444. The number of carbonyl (C=O) groups is 1. The number of ketones is 1. The van der Waals surface area contributed by atoms with Crippen molar-refractivity contribution < 1.29 is 4.79 Å². The number of hydrogen-bond donors (Lipinski definition) is 0. The van der Waals surface area contributed by atoms with Crippen molar-refractivity contribution in [3.63, 3.8) is 0 Å². The van der Waals surface area contributed by atoms with E-state index < -0.39 is 0 Å². The molecule has 4 saturated heterocycles. The molecule has 5 heterocycles. The molecule has 0 spiro atoms. The Morgan fingerprint density at radius 1 is 0.968 bits per heavy atom. The van der Waals surface area contributed by atoms with Crippen LogP contribution >= 0.6 is 11.3 Å². The van der Waals surface area contributed by atoms with Crippen LogP contribution in [0.25, 0.3) is 21.2 Å². The van der Waals surface area contributed by atoms with Crippen molar-refractivity contribution in [2.75, 3.05) is 37.6 Å². The third-order valence-electron chi connectivity index (χ3n) is 7.71. The first-order valence-corrected chi connectivity index (χ1v) is 12.7. The normalized spacial score (nSPS) is 25.4. The molecule has 0 N–H and O–H groups in total. The van der Waals surface area contributed by atoms with E-state index in [1.165, 1.54) is 78.8 Å². The van der Waals surface area contributed by atoms with Gasteiger partial charge in [-0.15, -0.1) is 11.3 Å². The lowest BCUT2D eigenvalue weighted by Gasteiger charge is -2.44. The summed E-state index contributed by atoms with van der Waals surface area (Å²) in [5.41, 5.74) is 3.82. The average Bonchev–Trinajstić information content (AvgIpc) is 3.50. The van der Waals surface area contributed by atoms with Crippen LogP contribution in [-0.4, -0.2) is 43.4 Å². The number of benzene rings is 2. The fourth-order valence-corrected chi connectivity index (χ4v) is 7.06. The molecule has 3 nitrogen and oxygen atoms in total. The topological polar surface area (TPSA) is 23.6 Å². The van der Waals surface area contributed by atoms with Crippen LogP contribution in [0.1, 0.15) is 41.8 Å². The minimum atomic E-state index is 0.343. The summed E-state index contributed by atoms with van der Waals surface area (Å²) in [5.74, 6) is 1.65. The van der Waals surface area contributed by atoms with Gasteiger partial charge in [0.25, 0.3) is 0 Å². The lowest BCUT2D eigenvalue weighted by molar-refractivity contribution is 0.0442. The summed E-state index contributed by atoms with van der Waals surface area (Å²) >= 11 is 1.69. The van der Waals surface area contributed by atoms with Crippen molar-refractivity contribution in [2.45, 2.75) is 32.1 Å². The molecule has 2 bridgehead atoms. The van der Waals surface area contributed by atoms with E-state index in [0.29, 0.717) is 18.1 Å². The van der Waals surface area contributed by atoms with Crippen molar-refractivity contribution in [2.24, 2.45) is 11.8 Å². The molecule has 1 aromatic heterocycles. The number of fused-ring (bicyclic) bond motifs is 4. The van der Waals surface area contributed by atoms with Crippen LogP contribution in [0.5, 0.6) is 0 Å². The van der Waals surface area contributed by atoms with Crippen molar-refractivity contribution >= 4 is 32.9 Å². The number of carbonyl (C=O) groups excluding carboxylic acids is 1. The van der Waals surface area contributed by atoms with Crippen LogP contribution in [0.4, 0.5) is 5.69 Å². The molecule has 4 aliphatic rings. The molecule has 1 atom stereocenters. The van der Waals surface area contributed by atoms with E-state index in [1.807, 2.05) is 0 Å². The van der Waals surface area contributed by atoms with E-state index in [-0.39, 0.29) is 0 Å². The van der Waals surface area contributed by atoms with Gasteiger partial charge in [0.15, 0.2) is 5.78 Å². The van der Waals surface area contributed by atoms with Gasteiger partial charge in [-0.25, -0.2) is 0 Å². The second kappa shape index (κ2) is 8.07. The quantitative estimate of drug-likeness (QED) is 0.458. The molecular formula is C27H30N2OS. The van der Waals surface area contributed by atoms with Gasteiger partial charge in [0.1, 0.15) is 0 Å². The highest BCUT2D eigenvalue weighted by Crippen LogP contribution is 2.39. The largest absolute Gasteiger partial charge is 0.372 e. The maximum Gasteiger partial charge on any atom is 0.173 e. The van der Waals surface area contributed by atoms with Crippen LogP contribution in [-0.2, 0) is 0 Å². The number of rotatable bonds is 5. The monoisotopic (exact) mass is 430 g/mol. The maximum atomic E-state index is 13.2. The molecule has 0 aliphatic carbocycles. The lowest BCUT2D eigenvalue weighted by Crippen LogP contribution is -2.47. The van der Waals surface area contributed by atoms with Crippen molar-refractivity contribution in [1.82, 2.24) is 4.90 Å². The average molecular weight is 431 g/mol. The van der Waals surface area contributed by atoms with Crippen LogP contribution in [0, 0.1) is 11.8 Å². The maximum absolute atomic E-state index is 13.2. The molecule has 7 rings (SSSR count). The van der Waals surface area contributed by atoms with Gasteiger partial charge < -0.3 is 9.80 Å². The zero-order valence-electron chi connectivity index (χ0n) is 18.1. The number of anilines is 1. The summed E-state index contributed by atoms with van der Waals surface area (Å²) in [5, 5.41) is 1.20. The van der Waals surface area contributed by atoms with Crippen LogP contribution in [0.3, 0.4) is 0 Å². The van der Waals surface area contributed by atoms with Crippen molar-refractivity contribution in [3.8, 4) is 11.1 Å². The first kappa shape index (κ1) is 19.5. The summed E-state index contributed by atoms with van der Waals surface area (Å²) in [6, 6.07) is 17.6. The molecule has 0 unspecified atom stereocenters. The summed E-state index contributed by atoms with van der Waals surface area (Å²) < 4.78 is 1.24. The van der Waals surface area contributed by atoms with Gasteiger partial charge in [0, 0.05) is 36.4 Å². The highest BCUT2D eigenvalue weighted by atomic mass is 32.1. The Balaban J connectivity index is 1.25.